The molecule has 148 valence electrons. The summed E-state index contributed by atoms with van der Waals surface area (Å²) >= 11 is 0. The molecular formula is C25H30O3. The zero-order valence-corrected chi connectivity index (χ0v) is 16.6. The van der Waals surface area contributed by atoms with E-state index in [1.165, 1.54) is 11.1 Å². The quantitative estimate of drug-likeness (QED) is 0.441. The van der Waals surface area contributed by atoms with E-state index in [1.54, 1.807) is 0 Å². The van der Waals surface area contributed by atoms with Crippen molar-refractivity contribution in [1.82, 2.24) is 0 Å². The Bertz CT molecular complexity index is 749. The lowest BCUT2D eigenvalue weighted by Gasteiger charge is -2.12. The summed E-state index contributed by atoms with van der Waals surface area (Å²) in [6.45, 7) is 0.312. The summed E-state index contributed by atoms with van der Waals surface area (Å²) in [5.74, 6) is 0.378. The zero-order chi connectivity index (χ0) is 19.6. The van der Waals surface area contributed by atoms with E-state index < -0.39 is 0 Å². The van der Waals surface area contributed by atoms with Gasteiger partial charge in [0.25, 0.3) is 0 Å². The lowest BCUT2D eigenvalue weighted by molar-refractivity contribution is -0.145. The smallest absolute Gasteiger partial charge is 0.306 e. The summed E-state index contributed by atoms with van der Waals surface area (Å²) in [5.41, 5.74) is 3.53. The van der Waals surface area contributed by atoms with E-state index in [1.807, 2.05) is 18.2 Å². The molecule has 2 aromatic rings. The van der Waals surface area contributed by atoms with Crippen LogP contribution in [0, 0.1) is 5.92 Å². The molecule has 1 fully saturated rings. The van der Waals surface area contributed by atoms with Crippen LogP contribution in [-0.4, -0.2) is 11.8 Å². The number of carbonyl (C=O) groups is 2. The van der Waals surface area contributed by atoms with Gasteiger partial charge in [-0.2, -0.15) is 0 Å². The second kappa shape index (κ2) is 10.8. The maximum absolute atomic E-state index is 12.0. The van der Waals surface area contributed by atoms with Crippen LogP contribution >= 0.6 is 0 Å². The summed E-state index contributed by atoms with van der Waals surface area (Å²) in [7, 11) is 0. The van der Waals surface area contributed by atoms with Gasteiger partial charge in [0.2, 0.25) is 0 Å². The van der Waals surface area contributed by atoms with Gasteiger partial charge in [-0.1, -0.05) is 67.4 Å². The highest BCUT2D eigenvalue weighted by Gasteiger charge is 2.20. The third kappa shape index (κ3) is 6.63. The summed E-state index contributed by atoms with van der Waals surface area (Å²) in [5, 5.41) is 0. The van der Waals surface area contributed by atoms with Crippen LogP contribution < -0.4 is 0 Å². The number of carbonyl (C=O) groups excluding carboxylic acids is 2. The van der Waals surface area contributed by atoms with E-state index in [4.69, 9.17) is 4.74 Å². The second-order valence-electron chi connectivity index (χ2n) is 7.79. The van der Waals surface area contributed by atoms with E-state index >= 15 is 0 Å². The van der Waals surface area contributed by atoms with Gasteiger partial charge in [-0.05, 0) is 48.8 Å². The Hall–Kier alpha value is -2.42. The van der Waals surface area contributed by atoms with E-state index in [2.05, 4.69) is 36.4 Å². The van der Waals surface area contributed by atoms with Crippen molar-refractivity contribution < 1.29 is 14.3 Å². The molecule has 28 heavy (non-hydrogen) atoms. The number of esters is 1. The Balaban J connectivity index is 1.36. The first kappa shape index (κ1) is 20.3. The van der Waals surface area contributed by atoms with Gasteiger partial charge in [0.1, 0.15) is 12.4 Å². The van der Waals surface area contributed by atoms with Gasteiger partial charge in [-0.25, -0.2) is 0 Å². The summed E-state index contributed by atoms with van der Waals surface area (Å²) in [4.78, 5) is 24.0. The number of ether oxygens (including phenoxy) is 1. The molecule has 0 radical (unpaired) electrons. The molecule has 1 atom stereocenters. The standard InChI is InChI=1S/C25H30O3/c26-24-12-6-2-5-10-23(24)11-7-13-25(27)28-19-22-16-14-21(15-17-22)18-20-8-3-1-4-9-20/h1,3-4,8-9,14-17,23H,2,5-7,10-13,18-19H2. The van der Waals surface area contributed by atoms with Crippen LogP contribution in [0.5, 0.6) is 0 Å². The summed E-state index contributed by atoms with van der Waals surface area (Å²) in [6.07, 6.45) is 7.90. The fourth-order valence-corrected chi connectivity index (χ4v) is 3.85. The first-order valence-electron chi connectivity index (χ1n) is 10.5. The fourth-order valence-electron chi connectivity index (χ4n) is 3.85. The fraction of sp³-hybridized carbons (Fsp3) is 0.440. The highest BCUT2D eigenvalue weighted by Crippen LogP contribution is 2.24. The van der Waals surface area contributed by atoms with Crippen molar-refractivity contribution in [2.75, 3.05) is 0 Å². The normalized spacial score (nSPS) is 17.1. The Morgan fingerprint density at radius 3 is 2.39 bits per heavy atom. The number of rotatable bonds is 8. The Labute approximate surface area is 168 Å². The molecule has 1 unspecified atom stereocenters. The van der Waals surface area contributed by atoms with Crippen LogP contribution in [0.1, 0.15) is 68.1 Å². The summed E-state index contributed by atoms with van der Waals surface area (Å²) in [6, 6.07) is 18.6. The number of benzene rings is 2. The highest BCUT2D eigenvalue weighted by atomic mass is 16.5. The van der Waals surface area contributed by atoms with E-state index in [0.29, 0.717) is 18.8 Å². The van der Waals surface area contributed by atoms with Crippen molar-refractivity contribution in [2.45, 2.75) is 64.4 Å². The first-order chi connectivity index (χ1) is 13.7. The van der Waals surface area contributed by atoms with Gasteiger partial charge >= 0.3 is 5.97 Å². The average molecular weight is 379 g/mol. The number of hydrogen-bond acceptors (Lipinski definition) is 3. The maximum atomic E-state index is 12.0. The maximum Gasteiger partial charge on any atom is 0.306 e. The molecule has 0 heterocycles. The van der Waals surface area contributed by atoms with Crippen molar-refractivity contribution in [3.63, 3.8) is 0 Å². The largest absolute Gasteiger partial charge is 0.461 e. The molecule has 2 aromatic carbocycles. The number of Topliss-reactive ketones (excluding diaryl/α,β-unsaturated/α-hetero) is 1. The highest BCUT2D eigenvalue weighted by molar-refractivity contribution is 5.81. The van der Waals surface area contributed by atoms with Crippen molar-refractivity contribution in [1.29, 1.82) is 0 Å². The van der Waals surface area contributed by atoms with Gasteiger partial charge in [0, 0.05) is 18.8 Å². The second-order valence-corrected chi connectivity index (χ2v) is 7.79. The van der Waals surface area contributed by atoms with E-state index in [-0.39, 0.29) is 11.9 Å². The molecule has 3 heteroatoms. The van der Waals surface area contributed by atoms with Crippen molar-refractivity contribution in [2.24, 2.45) is 5.92 Å². The average Bonchev–Trinajstić information content (AvgIpc) is 2.92. The van der Waals surface area contributed by atoms with Crippen LogP contribution in [-0.2, 0) is 27.4 Å². The summed E-state index contributed by atoms with van der Waals surface area (Å²) < 4.78 is 5.40. The van der Waals surface area contributed by atoms with Crippen LogP contribution in [0.25, 0.3) is 0 Å². The van der Waals surface area contributed by atoms with Gasteiger partial charge < -0.3 is 4.74 Å². The Kier molecular flexibility index (Phi) is 7.83. The minimum absolute atomic E-state index is 0.160. The molecule has 1 aliphatic rings. The molecule has 1 saturated carbocycles. The van der Waals surface area contributed by atoms with Gasteiger partial charge in [0.15, 0.2) is 0 Å². The van der Waals surface area contributed by atoms with E-state index in [9.17, 15) is 9.59 Å². The molecule has 0 N–H and O–H groups in total. The molecule has 0 aromatic heterocycles. The minimum atomic E-state index is -0.172. The van der Waals surface area contributed by atoms with Crippen molar-refractivity contribution >= 4 is 11.8 Å². The van der Waals surface area contributed by atoms with Gasteiger partial charge in [-0.3, -0.25) is 9.59 Å². The molecule has 0 bridgehead atoms. The number of ketones is 1. The van der Waals surface area contributed by atoms with Gasteiger partial charge in [-0.15, -0.1) is 0 Å². The molecular weight excluding hydrogens is 348 g/mol. The van der Waals surface area contributed by atoms with Crippen LogP contribution in [0.4, 0.5) is 0 Å². The van der Waals surface area contributed by atoms with Crippen LogP contribution in [0.3, 0.4) is 0 Å². The topological polar surface area (TPSA) is 43.4 Å². The van der Waals surface area contributed by atoms with Crippen molar-refractivity contribution in [3.8, 4) is 0 Å². The first-order valence-corrected chi connectivity index (χ1v) is 10.5. The third-order valence-electron chi connectivity index (χ3n) is 5.54. The lowest BCUT2D eigenvalue weighted by Crippen LogP contribution is -2.13. The molecule has 3 rings (SSSR count). The molecule has 0 amide bonds. The van der Waals surface area contributed by atoms with Crippen LogP contribution in [0.15, 0.2) is 54.6 Å². The predicted molar refractivity (Wildman–Crippen MR) is 111 cm³/mol. The molecule has 3 nitrogen and oxygen atoms in total. The van der Waals surface area contributed by atoms with Crippen LogP contribution in [0.2, 0.25) is 0 Å². The Morgan fingerprint density at radius 1 is 0.893 bits per heavy atom. The molecule has 1 aliphatic carbocycles. The molecule has 0 aliphatic heterocycles. The predicted octanol–water partition coefficient (Wildman–Crippen LogP) is 5.64. The monoisotopic (exact) mass is 378 g/mol. The number of hydrogen-bond donors (Lipinski definition) is 0. The minimum Gasteiger partial charge on any atom is -0.461 e. The molecule has 0 spiro atoms. The third-order valence-corrected chi connectivity index (χ3v) is 5.54. The molecule has 0 saturated heterocycles. The zero-order valence-electron chi connectivity index (χ0n) is 16.6. The van der Waals surface area contributed by atoms with E-state index in [0.717, 1.165) is 56.9 Å². The Morgan fingerprint density at radius 2 is 1.61 bits per heavy atom. The van der Waals surface area contributed by atoms with Crippen molar-refractivity contribution in [3.05, 3.63) is 71.3 Å². The SMILES string of the molecule is O=C(CCCC1CCCCCC1=O)OCc1ccc(Cc2ccccc2)cc1. The van der Waals surface area contributed by atoms with Gasteiger partial charge in [0.05, 0.1) is 0 Å². The lowest BCUT2D eigenvalue weighted by atomic mass is 9.93.